The molecular formula is C18H13BrF3N3O2S. The van der Waals surface area contributed by atoms with Crippen molar-refractivity contribution in [3.8, 4) is 0 Å². The van der Waals surface area contributed by atoms with Gasteiger partial charge in [0.25, 0.3) is 5.91 Å². The van der Waals surface area contributed by atoms with Crippen LogP contribution >= 0.6 is 27.7 Å². The highest BCUT2D eigenvalue weighted by molar-refractivity contribution is 9.10. The average molecular weight is 472 g/mol. The van der Waals surface area contributed by atoms with Gasteiger partial charge in [-0.1, -0.05) is 0 Å². The van der Waals surface area contributed by atoms with Crippen molar-refractivity contribution in [2.45, 2.75) is 35.3 Å². The van der Waals surface area contributed by atoms with Crippen molar-refractivity contribution in [2.24, 2.45) is 0 Å². The lowest BCUT2D eigenvalue weighted by atomic mass is 10.2. The number of amides is 3. The zero-order chi connectivity index (χ0) is 20.1. The first-order chi connectivity index (χ1) is 13.2. The van der Waals surface area contributed by atoms with Crippen molar-refractivity contribution >= 4 is 45.3 Å². The van der Waals surface area contributed by atoms with E-state index in [1.54, 1.807) is 18.5 Å². The Bertz CT molecular complexity index is 948. The highest BCUT2D eigenvalue weighted by Crippen LogP contribution is 2.50. The van der Waals surface area contributed by atoms with Gasteiger partial charge in [0.2, 0.25) is 0 Å². The molecule has 3 amide bonds. The van der Waals surface area contributed by atoms with Crippen LogP contribution in [0.3, 0.4) is 0 Å². The molecule has 1 saturated carbocycles. The van der Waals surface area contributed by atoms with Crippen LogP contribution in [0.4, 0.5) is 23.7 Å². The SMILES string of the molecule is O=C1N(c2ccc(SC(F)(F)F)cc2)C(=O)C2(CC2)N1Cc1ccncc1Br. The van der Waals surface area contributed by atoms with Crippen LogP contribution in [0.25, 0.3) is 0 Å². The van der Waals surface area contributed by atoms with Gasteiger partial charge in [0.15, 0.2) is 0 Å². The van der Waals surface area contributed by atoms with Crippen molar-refractivity contribution in [1.29, 1.82) is 0 Å². The summed E-state index contributed by atoms with van der Waals surface area (Å²) in [4.78, 5) is 32.6. The van der Waals surface area contributed by atoms with E-state index in [1.165, 1.54) is 29.2 Å². The van der Waals surface area contributed by atoms with Crippen LogP contribution in [-0.4, -0.2) is 32.9 Å². The number of carbonyl (C=O) groups is 2. The summed E-state index contributed by atoms with van der Waals surface area (Å²) in [7, 11) is 0. The van der Waals surface area contributed by atoms with Crippen LogP contribution in [0, 0.1) is 0 Å². The molecule has 1 aliphatic heterocycles. The standard InChI is InChI=1S/C18H13BrF3N3O2S/c19-14-9-23-8-5-11(14)10-24-16(27)25(15(26)17(24)6-7-17)12-1-3-13(4-2-12)28-18(20,21)22/h1-5,8-9H,6-7,10H2. The molecule has 2 fully saturated rings. The van der Waals surface area contributed by atoms with Crippen LogP contribution in [0.5, 0.6) is 0 Å². The first-order valence-corrected chi connectivity index (χ1v) is 9.93. The zero-order valence-electron chi connectivity index (χ0n) is 14.2. The molecular weight excluding hydrogens is 459 g/mol. The van der Waals surface area contributed by atoms with Crippen LogP contribution in [0.1, 0.15) is 18.4 Å². The smallest absolute Gasteiger partial charge is 0.305 e. The first kappa shape index (κ1) is 19.3. The van der Waals surface area contributed by atoms with Crippen LogP contribution in [-0.2, 0) is 11.3 Å². The molecule has 1 saturated heterocycles. The second-order valence-electron chi connectivity index (χ2n) is 6.55. The molecule has 0 N–H and O–H groups in total. The number of carbonyl (C=O) groups excluding carboxylic acids is 2. The molecule has 0 atom stereocenters. The van der Waals surface area contributed by atoms with Gasteiger partial charge in [-0.25, -0.2) is 9.69 Å². The summed E-state index contributed by atoms with van der Waals surface area (Å²) in [6, 6.07) is 6.55. The van der Waals surface area contributed by atoms with Crippen molar-refractivity contribution in [3.05, 3.63) is 52.8 Å². The highest BCUT2D eigenvalue weighted by atomic mass is 79.9. The third-order valence-electron chi connectivity index (χ3n) is 4.78. The number of alkyl halides is 3. The number of anilines is 1. The number of urea groups is 1. The Balaban J connectivity index is 1.60. The van der Waals surface area contributed by atoms with E-state index in [-0.39, 0.29) is 34.8 Å². The summed E-state index contributed by atoms with van der Waals surface area (Å²) in [5.74, 6) is -0.334. The van der Waals surface area contributed by atoms with Gasteiger partial charge in [0, 0.05) is 28.3 Å². The Hall–Kier alpha value is -2.07. The molecule has 28 heavy (non-hydrogen) atoms. The van der Waals surface area contributed by atoms with E-state index < -0.39 is 17.1 Å². The van der Waals surface area contributed by atoms with E-state index in [1.807, 2.05) is 0 Å². The lowest BCUT2D eigenvalue weighted by molar-refractivity contribution is -0.120. The van der Waals surface area contributed by atoms with Gasteiger partial charge in [-0.15, -0.1) is 0 Å². The van der Waals surface area contributed by atoms with E-state index in [0.717, 1.165) is 14.9 Å². The Kier molecular flexibility index (Phi) is 4.65. The summed E-state index contributed by atoms with van der Waals surface area (Å²) >= 11 is 3.15. The third kappa shape index (κ3) is 3.39. The van der Waals surface area contributed by atoms with E-state index in [0.29, 0.717) is 12.8 Å². The molecule has 10 heteroatoms. The molecule has 5 nitrogen and oxygen atoms in total. The molecule has 0 bridgehead atoms. The molecule has 1 aromatic carbocycles. The molecule has 0 unspecified atom stereocenters. The lowest BCUT2D eigenvalue weighted by Gasteiger charge is -2.21. The molecule has 146 valence electrons. The Morgan fingerprint density at radius 1 is 1.14 bits per heavy atom. The number of halogens is 4. The van der Waals surface area contributed by atoms with E-state index in [9.17, 15) is 22.8 Å². The summed E-state index contributed by atoms with van der Waals surface area (Å²) in [6.45, 7) is 0.242. The van der Waals surface area contributed by atoms with Gasteiger partial charge in [0.1, 0.15) is 5.54 Å². The molecule has 4 rings (SSSR count). The number of thioether (sulfide) groups is 1. The molecule has 0 radical (unpaired) electrons. The van der Waals surface area contributed by atoms with E-state index >= 15 is 0 Å². The molecule has 2 aliphatic rings. The van der Waals surface area contributed by atoms with Gasteiger partial charge < -0.3 is 4.90 Å². The lowest BCUT2D eigenvalue weighted by Crippen LogP contribution is -2.36. The Morgan fingerprint density at radius 3 is 2.39 bits per heavy atom. The predicted molar refractivity (Wildman–Crippen MR) is 101 cm³/mol. The summed E-state index contributed by atoms with van der Waals surface area (Å²) in [6.07, 6.45) is 4.36. The number of hydrogen-bond acceptors (Lipinski definition) is 4. The van der Waals surface area contributed by atoms with Crippen molar-refractivity contribution in [1.82, 2.24) is 9.88 Å². The monoisotopic (exact) mass is 471 g/mol. The summed E-state index contributed by atoms with van der Waals surface area (Å²) in [5, 5.41) is 0. The average Bonchev–Trinajstić information content (AvgIpc) is 3.39. The second kappa shape index (κ2) is 6.77. The highest BCUT2D eigenvalue weighted by Gasteiger charge is 2.65. The van der Waals surface area contributed by atoms with Gasteiger partial charge in [-0.2, -0.15) is 13.2 Å². The van der Waals surface area contributed by atoms with E-state index in [2.05, 4.69) is 20.9 Å². The van der Waals surface area contributed by atoms with Gasteiger partial charge in [0.05, 0.1) is 5.69 Å². The minimum atomic E-state index is -4.40. The minimum Gasteiger partial charge on any atom is -0.305 e. The summed E-state index contributed by atoms with van der Waals surface area (Å²) in [5.41, 5.74) is -4.17. The maximum atomic E-state index is 13.0. The number of nitrogens with zero attached hydrogens (tertiary/aromatic N) is 3. The fourth-order valence-electron chi connectivity index (χ4n) is 3.26. The molecule has 2 heterocycles. The van der Waals surface area contributed by atoms with Crippen LogP contribution < -0.4 is 4.90 Å². The number of aromatic nitrogens is 1. The summed E-state index contributed by atoms with van der Waals surface area (Å²) < 4.78 is 38.2. The number of rotatable bonds is 4. The van der Waals surface area contributed by atoms with Gasteiger partial charge in [-0.05, 0) is 76.4 Å². The Labute approximate surface area is 171 Å². The molecule has 1 aliphatic carbocycles. The normalized spacial score (nSPS) is 18.3. The van der Waals surface area contributed by atoms with Crippen molar-refractivity contribution in [2.75, 3.05) is 4.90 Å². The molecule has 1 spiro atoms. The predicted octanol–water partition coefficient (Wildman–Crippen LogP) is 4.96. The molecule has 1 aromatic heterocycles. The fraction of sp³-hybridized carbons (Fsp3) is 0.278. The maximum absolute atomic E-state index is 13.0. The fourth-order valence-corrected chi connectivity index (χ4v) is 4.18. The molecule has 2 aromatic rings. The largest absolute Gasteiger partial charge is 0.446 e. The first-order valence-electron chi connectivity index (χ1n) is 8.32. The van der Waals surface area contributed by atoms with Gasteiger partial charge in [-0.3, -0.25) is 9.78 Å². The zero-order valence-corrected chi connectivity index (χ0v) is 16.6. The van der Waals surface area contributed by atoms with Crippen LogP contribution in [0.15, 0.2) is 52.1 Å². The number of pyridine rings is 1. The van der Waals surface area contributed by atoms with Crippen molar-refractivity contribution < 1.29 is 22.8 Å². The van der Waals surface area contributed by atoms with E-state index in [4.69, 9.17) is 0 Å². The Morgan fingerprint density at radius 2 is 1.82 bits per heavy atom. The quantitative estimate of drug-likeness (QED) is 0.467. The third-order valence-corrected chi connectivity index (χ3v) is 6.23. The van der Waals surface area contributed by atoms with Gasteiger partial charge >= 0.3 is 11.5 Å². The minimum absolute atomic E-state index is 0.00551. The van der Waals surface area contributed by atoms with Crippen molar-refractivity contribution in [3.63, 3.8) is 0 Å². The van der Waals surface area contributed by atoms with Crippen LogP contribution in [0.2, 0.25) is 0 Å². The topological polar surface area (TPSA) is 53.5 Å². The maximum Gasteiger partial charge on any atom is 0.446 e. The number of benzene rings is 1. The number of hydrogen-bond donors (Lipinski definition) is 0. The second-order valence-corrected chi connectivity index (χ2v) is 8.54. The number of imide groups is 1.